The Morgan fingerprint density at radius 3 is 2.48 bits per heavy atom. The van der Waals surface area contributed by atoms with Gasteiger partial charge in [0.25, 0.3) is 0 Å². The second kappa shape index (κ2) is 5.59. The van der Waals surface area contributed by atoms with Crippen molar-refractivity contribution in [3.05, 3.63) is 78.3 Å². The van der Waals surface area contributed by atoms with Crippen molar-refractivity contribution in [2.45, 2.75) is 0 Å². The molecule has 2 aromatic carbocycles. The molecule has 0 bridgehead atoms. The summed E-state index contributed by atoms with van der Waals surface area (Å²) in [6.07, 6.45) is 1.52. The van der Waals surface area contributed by atoms with E-state index in [0.717, 1.165) is 16.7 Å². The lowest BCUT2D eigenvalue weighted by Crippen LogP contribution is -2.00. The Kier molecular flexibility index (Phi) is 3.48. The lowest BCUT2D eigenvalue weighted by atomic mass is 10.00. The number of hydrogen-bond acceptors (Lipinski definition) is 3. The third-order valence-electron chi connectivity index (χ3n) is 3.30. The van der Waals surface area contributed by atoms with Crippen LogP contribution in [0.1, 0.15) is 11.3 Å². The van der Waals surface area contributed by atoms with Crippen LogP contribution >= 0.6 is 0 Å². The van der Waals surface area contributed by atoms with Crippen LogP contribution in [0.5, 0.6) is 0 Å². The van der Waals surface area contributed by atoms with Crippen LogP contribution < -0.4 is 0 Å². The summed E-state index contributed by atoms with van der Waals surface area (Å²) >= 11 is 0. The SMILES string of the molecule is C=Nc1ccoc1C(=N)c1cccc(-c2ccccc2)c1. The molecule has 102 valence electrons. The predicted octanol–water partition coefficient (Wildman–Crippen LogP) is 4.69. The minimum atomic E-state index is 0.306. The Hall–Kier alpha value is -2.94. The first-order chi connectivity index (χ1) is 10.3. The zero-order chi connectivity index (χ0) is 14.7. The van der Waals surface area contributed by atoms with Gasteiger partial charge in [0.05, 0.1) is 6.26 Å². The van der Waals surface area contributed by atoms with Gasteiger partial charge >= 0.3 is 0 Å². The van der Waals surface area contributed by atoms with Crippen LogP contribution in [0.4, 0.5) is 5.69 Å². The Bertz CT molecular complexity index is 788. The highest BCUT2D eigenvalue weighted by molar-refractivity contribution is 6.12. The second-order valence-corrected chi connectivity index (χ2v) is 4.61. The molecule has 0 aliphatic rings. The third-order valence-corrected chi connectivity index (χ3v) is 3.30. The molecule has 0 aliphatic heterocycles. The molecule has 0 fully saturated rings. The van der Waals surface area contributed by atoms with Crippen LogP contribution in [0, 0.1) is 5.41 Å². The lowest BCUT2D eigenvalue weighted by molar-refractivity contribution is 0.558. The summed E-state index contributed by atoms with van der Waals surface area (Å²) in [6.45, 7) is 3.50. The van der Waals surface area contributed by atoms with E-state index >= 15 is 0 Å². The van der Waals surface area contributed by atoms with Crippen LogP contribution in [0.25, 0.3) is 11.1 Å². The van der Waals surface area contributed by atoms with Crippen molar-refractivity contribution >= 4 is 18.1 Å². The molecule has 0 saturated carbocycles. The fourth-order valence-corrected chi connectivity index (χ4v) is 2.23. The minimum Gasteiger partial charge on any atom is -0.460 e. The summed E-state index contributed by atoms with van der Waals surface area (Å²) in [5.74, 6) is 0.440. The zero-order valence-electron chi connectivity index (χ0n) is 11.4. The van der Waals surface area contributed by atoms with Gasteiger partial charge in [0, 0.05) is 11.6 Å². The van der Waals surface area contributed by atoms with E-state index in [9.17, 15) is 0 Å². The Balaban J connectivity index is 2.01. The topological polar surface area (TPSA) is 49.4 Å². The molecule has 0 amide bonds. The van der Waals surface area contributed by atoms with Gasteiger partial charge < -0.3 is 4.42 Å². The summed E-state index contributed by atoms with van der Waals surface area (Å²) < 4.78 is 5.36. The summed E-state index contributed by atoms with van der Waals surface area (Å²) in [7, 11) is 0. The molecule has 21 heavy (non-hydrogen) atoms. The first-order valence-electron chi connectivity index (χ1n) is 6.58. The van der Waals surface area contributed by atoms with Crippen LogP contribution in [0.3, 0.4) is 0 Å². The van der Waals surface area contributed by atoms with Crippen molar-refractivity contribution in [2.75, 3.05) is 0 Å². The lowest BCUT2D eigenvalue weighted by Gasteiger charge is -2.06. The smallest absolute Gasteiger partial charge is 0.177 e. The number of rotatable bonds is 4. The van der Waals surface area contributed by atoms with Gasteiger partial charge in [0.15, 0.2) is 5.76 Å². The van der Waals surface area contributed by atoms with E-state index in [-0.39, 0.29) is 0 Å². The number of nitrogens with one attached hydrogen (secondary N) is 1. The molecular weight excluding hydrogens is 260 g/mol. The maximum Gasteiger partial charge on any atom is 0.177 e. The number of hydrogen-bond donors (Lipinski definition) is 1. The van der Waals surface area contributed by atoms with Crippen molar-refractivity contribution in [1.29, 1.82) is 5.41 Å². The van der Waals surface area contributed by atoms with Gasteiger partial charge in [0.2, 0.25) is 0 Å². The van der Waals surface area contributed by atoms with Gasteiger partial charge in [-0.2, -0.15) is 0 Å². The molecule has 0 radical (unpaired) electrons. The molecule has 0 atom stereocenters. The van der Waals surface area contributed by atoms with Crippen LogP contribution in [-0.2, 0) is 0 Å². The van der Waals surface area contributed by atoms with E-state index in [1.54, 1.807) is 6.07 Å². The van der Waals surface area contributed by atoms with Crippen molar-refractivity contribution < 1.29 is 4.42 Å². The van der Waals surface area contributed by atoms with Gasteiger partial charge in [-0.05, 0) is 23.9 Å². The highest BCUT2D eigenvalue weighted by Gasteiger charge is 2.13. The number of nitrogens with zero attached hydrogens (tertiary/aromatic N) is 1. The first-order valence-corrected chi connectivity index (χ1v) is 6.58. The predicted molar refractivity (Wildman–Crippen MR) is 85.7 cm³/mol. The van der Waals surface area contributed by atoms with Crippen molar-refractivity contribution in [1.82, 2.24) is 0 Å². The second-order valence-electron chi connectivity index (χ2n) is 4.61. The monoisotopic (exact) mass is 274 g/mol. The summed E-state index contributed by atoms with van der Waals surface area (Å²) in [5, 5.41) is 8.31. The fourth-order valence-electron chi connectivity index (χ4n) is 2.23. The van der Waals surface area contributed by atoms with Crippen molar-refractivity contribution in [2.24, 2.45) is 4.99 Å². The standard InChI is InChI=1S/C18H14N2O/c1-20-16-10-11-21-18(16)17(19)15-9-5-8-14(12-15)13-6-3-2-4-7-13/h2-12,19H,1H2. The number of benzene rings is 2. The highest BCUT2D eigenvalue weighted by Crippen LogP contribution is 2.25. The maximum atomic E-state index is 8.31. The maximum absolute atomic E-state index is 8.31. The molecule has 1 N–H and O–H groups in total. The summed E-state index contributed by atoms with van der Waals surface area (Å²) in [5.41, 5.74) is 3.87. The normalized spacial score (nSPS) is 10.3. The number of aliphatic imine (C=N–C) groups is 1. The number of furan rings is 1. The van der Waals surface area contributed by atoms with E-state index in [1.165, 1.54) is 6.26 Å². The van der Waals surface area contributed by atoms with Crippen molar-refractivity contribution in [3.8, 4) is 11.1 Å². The van der Waals surface area contributed by atoms with Crippen LogP contribution in [0.2, 0.25) is 0 Å². The molecule has 1 aromatic heterocycles. The Morgan fingerprint density at radius 1 is 0.952 bits per heavy atom. The first kappa shape index (κ1) is 13.1. The molecule has 0 unspecified atom stereocenters. The zero-order valence-corrected chi connectivity index (χ0v) is 11.4. The van der Waals surface area contributed by atoms with Gasteiger partial charge in [0.1, 0.15) is 11.4 Å². The molecule has 0 spiro atoms. The van der Waals surface area contributed by atoms with E-state index in [4.69, 9.17) is 9.83 Å². The largest absolute Gasteiger partial charge is 0.460 e. The molecule has 0 aliphatic carbocycles. The van der Waals surface area contributed by atoms with E-state index in [1.807, 2.05) is 54.6 Å². The van der Waals surface area contributed by atoms with E-state index in [2.05, 4.69) is 11.7 Å². The Morgan fingerprint density at radius 2 is 1.71 bits per heavy atom. The van der Waals surface area contributed by atoms with Crippen LogP contribution in [0.15, 0.2) is 76.3 Å². The van der Waals surface area contributed by atoms with E-state index < -0.39 is 0 Å². The van der Waals surface area contributed by atoms with Gasteiger partial charge in [-0.3, -0.25) is 10.4 Å². The fraction of sp³-hybridized carbons (Fsp3) is 0. The molecule has 3 aromatic rings. The molecular formula is C18H14N2O. The van der Waals surface area contributed by atoms with E-state index in [0.29, 0.717) is 17.2 Å². The third kappa shape index (κ3) is 2.54. The van der Waals surface area contributed by atoms with Gasteiger partial charge in [-0.25, -0.2) is 0 Å². The molecule has 3 nitrogen and oxygen atoms in total. The summed E-state index contributed by atoms with van der Waals surface area (Å²) in [6, 6.07) is 19.6. The quantitative estimate of drug-likeness (QED) is 0.689. The average Bonchev–Trinajstić information content (AvgIpc) is 3.04. The summed E-state index contributed by atoms with van der Waals surface area (Å²) in [4.78, 5) is 3.87. The Labute approximate surface area is 123 Å². The van der Waals surface area contributed by atoms with Gasteiger partial charge in [-0.1, -0.05) is 48.5 Å². The average molecular weight is 274 g/mol. The van der Waals surface area contributed by atoms with Crippen molar-refractivity contribution in [3.63, 3.8) is 0 Å². The van der Waals surface area contributed by atoms with Gasteiger partial charge in [-0.15, -0.1) is 0 Å². The molecule has 3 heteroatoms. The molecule has 3 rings (SSSR count). The van der Waals surface area contributed by atoms with Crippen LogP contribution in [-0.4, -0.2) is 12.4 Å². The molecule has 0 saturated heterocycles. The minimum absolute atomic E-state index is 0.306. The molecule has 1 heterocycles. The highest BCUT2D eigenvalue weighted by atomic mass is 16.3.